The molecule has 30 heavy (non-hydrogen) atoms. The Morgan fingerprint density at radius 3 is 2.23 bits per heavy atom. The lowest BCUT2D eigenvalue weighted by Gasteiger charge is -2.29. The molecule has 2 aliphatic rings. The first-order valence-electron chi connectivity index (χ1n) is 10.2. The molecule has 0 bridgehead atoms. The van der Waals surface area contributed by atoms with E-state index < -0.39 is 0 Å². The molecule has 0 atom stereocenters. The molecule has 2 aliphatic heterocycles. The summed E-state index contributed by atoms with van der Waals surface area (Å²) in [7, 11) is 3.13. The molecule has 2 aromatic rings. The number of likely N-dealkylation sites (tertiary alicyclic amines) is 1. The molecular formula is C24H26N2O4. The molecule has 0 unspecified atom stereocenters. The summed E-state index contributed by atoms with van der Waals surface area (Å²) in [6.45, 7) is 3.49. The van der Waals surface area contributed by atoms with Crippen LogP contribution in [-0.2, 0) is 9.59 Å². The number of anilines is 1. The molecule has 1 fully saturated rings. The number of piperidine rings is 1. The minimum absolute atomic E-state index is 0.266. The Bertz CT molecular complexity index is 1020. The van der Waals surface area contributed by atoms with Gasteiger partial charge in [0.05, 0.1) is 25.5 Å². The molecule has 4 rings (SSSR count). The normalized spacial score (nSPS) is 17.0. The van der Waals surface area contributed by atoms with E-state index in [2.05, 4.69) is 4.90 Å². The number of methoxy groups -OCH3 is 2. The van der Waals surface area contributed by atoms with Gasteiger partial charge in [0.15, 0.2) is 11.5 Å². The number of imide groups is 1. The van der Waals surface area contributed by atoms with Gasteiger partial charge in [0.2, 0.25) is 0 Å². The molecule has 0 N–H and O–H groups in total. The maximum Gasteiger partial charge on any atom is 0.282 e. The summed E-state index contributed by atoms with van der Waals surface area (Å²) in [6, 6.07) is 12.8. The van der Waals surface area contributed by atoms with E-state index in [0.29, 0.717) is 34.0 Å². The van der Waals surface area contributed by atoms with Gasteiger partial charge in [0, 0.05) is 13.1 Å². The Labute approximate surface area is 176 Å². The highest BCUT2D eigenvalue weighted by Crippen LogP contribution is 2.38. The van der Waals surface area contributed by atoms with Crippen molar-refractivity contribution in [2.45, 2.75) is 26.2 Å². The van der Waals surface area contributed by atoms with E-state index in [0.717, 1.165) is 37.9 Å². The minimum atomic E-state index is -0.307. The smallest absolute Gasteiger partial charge is 0.282 e. The van der Waals surface area contributed by atoms with E-state index >= 15 is 0 Å². The molecule has 0 aliphatic carbocycles. The van der Waals surface area contributed by atoms with Gasteiger partial charge < -0.3 is 14.4 Å². The predicted octanol–water partition coefficient (Wildman–Crippen LogP) is 3.78. The van der Waals surface area contributed by atoms with E-state index in [9.17, 15) is 9.59 Å². The summed E-state index contributed by atoms with van der Waals surface area (Å²) >= 11 is 0. The number of hydrogen-bond acceptors (Lipinski definition) is 5. The third-order valence-corrected chi connectivity index (χ3v) is 5.66. The Hall–Kier alpha value is -3.28. The fraction of sp³-hybridized carbons (Fsp3) is 0.333. The standard InChI is InChI=1S/C24H26N2O4/c1-16-8-7-9-18(14-16)26-23(27)21(17-10-11-19(29-2)20(15-17)30-3)22(24(26)28)25-12-5-4-6-13-25/h7-11,14-15H,4-6,12-13H2,1-3H3. The van der Waals surface area contributed by atoms with Crippen LogP contribution in [0.25, 0.3) is 5.57 Å². The van der Waals surface area contributed by atoms with Crippen LogP contribution in [0.4, 0.5) is 5.69 Å². The van der Waals surface area contributed by atoms with Gasteiger partial charge in [0.25, 0.3) is 11.8 Å². The van der Waals surface area contributed by atoms with Crippen LogP contribution in [0.1, 0.15) is 30.4 Å². The average Bonchev–Trinajstić information content (AvgIpc) is 3.03. The maximum absolute atomic E-state index is 13.6. The van der Waals surface area contributed by atoms with Gasteiger partial charge in [-0.05, 0) is 61.6 Å². The summed E-state index contributed by atoms with van der Waals surface area (Å²) in [5, 5.41) is 0. The fourth-order valence-electron chi connectivity index (χ4n) is 4.18. The molecule has 6 nitrogen and oxygen atoms in total. The number of rotatable bonds is 5. The SMILES string of the molecule is COc1ccc(C2=C(N3CCCCC3)C(=O)N(c3cccc(C)c3)C2=O)cc1OC. The number of hydrogen-bond donors (Lipinski definition) is 0. The molecule has 2 heterocycles. The van der Waals surface area contributed by atoms with Crippen LogP contribution in [0.15, 0.2) is 48.2 Å². The molecule has 0 spiro atoms. The molecule has 1 saturated heterocycles. The minimum Gasteiger partial charge on any atom is -0.493 e. The van der Waals surface area contributed by atoms with E-state index in [1.165, 1.54) is 4.90 Å². The van der Waals surface area contributed by atoms with Crippen LogP contribution < -0.4 is 14.4 Å². The van der Waals surface area contributed by atoms with E-state index in [1.807, 2.05) is 31.2 Å². The Morgan fingerprint density at radius 2 is 1.57 bits per heavy atom. The van der Waals surface area contributed by atoms with Gasteiger partial charge in [-0.3, -0.25) is 9.59 Å². The molecule has 6 heteroatoms. The van der Waals surface area contributed by atoms with Crippen molar-refractivity contribution in [3.8, 4) is 11.5 Å². The Morgan fingerprint density at radius 1 is 0.833 bits per heavy atom. The van der Waals surface area contributed by atoms with Crippen molar-refractivity contribution in [3.63, 3.8) is 0 Å². The quantitative estimate of drug-likeness (QED) is 0.708. The second kappa shape index (κ2) is 8.22. The molecule has 0 saturated carbocycles. The molecule has 0 radical (unpaired) electrons. The zero-order chi connectivity index (χ0) is 21.3. The number of carbonyl (C=O) groups is 2. The van der Waals surface area contributed by atoms with Crippen molar-refractivity contribution in [1.82, 2.24) is 4.90 Å². The second-order valence-electron chi connectivity index (χ2n) is 7.63. The lowest BCUT2D eigenvalue weighted by atomic mass is 10.0. The predicted molar refractivity (Wildman–Crippen MR) is 116 cm³/mol. The number of amides is 2. The lowest BCUT2D eigenvalue weighted by molar-refractivity contribution is -0.120. The zero-order valence-electron chi connectivity index (χ0n) is 17.6. The molecule has 2 amide bonds. The van der Waals surface area contributed by atoms with Crippen molar-refractivity contribution >= 4 is 23.1 Å². The zero-order valence-corrected chi connectivity index (χ0v) is 17.6. The second-order valence-corrected chi connectivity index (χ2v) is 7.63. The van der Waals surface area contributed by atoms with Crippen molar-refractivity contribution < 1.29 is 19.1 Å². The molecule has 156 valence electrons. The van der Waals surface area contributed by atoms with Crippen LogP contribution in [0.2, 0.25) is 0 Å². The van der Waals surface area contributed by atoms with Gasteiger partial charge in [-0.1, -0.05) is 18.2 Å². The number of carbonyl (C=O) groups excluding carboxylic acids is 2. The highest BCUT2D eigenvalue weighted by Gasteiger charge is 2.42. The van der Waals surface area contributed by atoms with Gasteiger partial charge >= 0.3 is 0 Å². The molecular weight excluding hydrogens is 380 g/mol. The fourth-order valence-corrected chi connectivity index (χ4v) is 4.18. The number of ether oxygens (including phenoxy) is 2. The number of aryl methyl sites for hydroxylation is 1. The van der Waals surface area contributed by atoms with Crippen LogP contribution >= 0.6 is 0 Å². The van der Waals surface area contributed by atoms with Crippen molar-refractivity contribution in [1.29, 1.82) is 0 Å². The van der Waals surface area contributed by atoms with E-state index in [1.54, 1.807) is 32.4 Å². The van der Waals surface area contributed by atoms with Crippen molar-refractivity contribution in [3.05, 3.63) is 59.3 Å². The highest BCUT2D eigenvalue weighted by atomic mass is 16.5. The average molecular weight is 406 g/mol. The van der Waals surface area contributed by atoms with Gasteiger partial charge in [-0.25, -0.2) is 4.90 Å². The first-order valence-corrected chi connectivity index (χ1v) is 10.2. The topological polar surface area (TPSA) is 59.1 Å². The third-order valence-electron chi connectivity index (χ3n) is 5.66. The van der Waals surface area contributed by atoms with Crippen molar-refractivity contribution in [2.24, 2.45) is 0 Å². The van der Waals surface area contributed by atoms with Crippen LogP contribution in [0, 0.1) is 6.92 Å². The van der Waals surface area contributed by atoms with Crippen LogP contribution in [0.5, 0.6) is 11.5 Å². The highest BCUT2D eigenvalue weighted by molar-refractivity contribution is 6.45. The van der Waals surface area contributed by atoms with Crippen LogP contribution in [0.3, 0.4) is 0 Å². The summed E-state index contributed by atoms with van der Waals surface area (Å²) in [5.74, 6) is 0.527. The monoisotopic (exact) mass is 406 g/mol. The van der Waals surface area contributed by atoms with Gasteiger partial charge in [-0.2, -0.15) is 0 Å². The maximum atomic E-state index is 13.6. The lowest BCUT2D eigenvalue weighted by Crippen LogP contribution is -2.37. The molecule has 0 aromatic heterocycles. The summed E-state index contributed by atoms with van der Waals surface area (Å²) in [4.78, 5) is 30.5. The number of nitrogens with zero attached hydrogens (tertiary/aromatic N) is 2. The summed E-state index contributed by atoms with van der Waals surface area (Å²) in [5.41, 5.74) is 3.14. The number of benzene rings is 2. The van der Waals surface area contributed by atoms with Crippen molar-refractivity contribution in [2.75, 3.05) is 32.2 Å². The third kappa shape index (κ3) is 3.43. The summed E-state index contributed by atoms with van der Waals surface area (Å²) in [6.07, 6.45) is 3.16. The van der Waals surface area contributed by atoms with Gasteiger partial charge in [0.1, 0.15) is 5.70 Å². The largest absolute Gasteiger partial charge is 0.493 e. The van der Waals surface area contributed by atoms with E-state index in [4.69, 9.17) is 9.47 Å². The molecule has 2 aromatic carbocycles. The van der Waals surface area contributed by atoms with Crippen LogP contribution in [-0.4, -0.2) is 44.0 Å². The first kappa shape index (κ1) is 20.0. The van der Waals surface area contributed by atoms with E-state index in [-0.39, 0.29) is 11.8 Å². The summed E-state index contributed by atoms with van der Waals surface area (Å²) < 4.78 is 10.8. The first-order chi connectivity index (χ1) is 14.5. The Balaban J connectivity index is 1.85. The Kier molecular flexibility index (Phi) is 5.48. The van der Waals surface area contributed by atoms with Gasteiger partial charge in [-0.15, -0.1) is 0 Å².